The molecule has 1 saturated heterocycles. The molecule has 104 valence electrons. The zero-order valence-electron chi connectivity index (χ0n) is 9.81. The molecule has 0 bridgehead atoms. The number of hydrogen-bond donors (Lipinski definition) is 1. The van der Waals surface area contributed by atoms with E-state index in [1.165, 1.54) is 6.20 Å². The standard InChI is InChI=1S/C11H15F2N3.2ClH/c12-8-10(16-6-4-14-5-7-16)9-2-1-3-15-11(9)13;;/h1-3,10,14H,4-8H2;2*1H/t10-;;/m0../s1. The average Bonchev–Trinajstić information content (AvgIpc) is 2.34. The Morgan fingerprint density at radius 2 is 2.00 bits per heavy atom. The highest BCUT2D eigenvalue weighted by Gasteiger charge is 2.24. The number of pyridine rings is 1. The molecule has 7 heteroatoms. The van der Waals surface area contributed by atoms with E-state index in [-0.39, 0.29) is 24.8 Å². The van der Waals surface area contributed by atoms with Gasteiger partial charge in [-0.05, 0) is 6.07 Å². The normalized spacial score (nSPS) is 17.4. The maximum Gasteiger partial charge on any atom is 0.217 e. The minimum atomic E-state index is -0.581. The third-order valence-electron chi connectivity index (χ3n) is 2.89. The molecule has 0 aromatic carbocycles. The topological polar surface area (TPSA) is 28.2 Å². The van der Waals surface area contributed by atoms with Gasteiger partial charge in [-0.1, -0.05) is 6.07 Å². The third kappa shape index (κ3) is 4.02. The van der Waals surface area contributed by atoms with E-state index in [9.17, 15) is 8.78 Å². The molecule has 1 atom stereocenters. The summed E-state index contributed by atoms with van der Waals surface area (Å²) in [7, 11) is 0. The molecule has 0 aliphatic carbocycles. The molecule has 1 N–H and O–H groups in total. The highest BCUT2D eigenvalue weighted by molar-refractivity contribution is 5.85. The van der Waals surface area contributed by atoms with Crippen LogP contribution in [0.5, 0.6) is 0 Å². The van der Waals surface area contributed by atoms with E-state index >= 15 is 0 Å². The minimum absolute atomic E-state index is 0. The molecule has 0 saturated carbocycles. The second kappa shape index (κ2) is 8.58. The maximum atomic E-state index is 13.5. The van der Waals surface area contributed by atoms with E-state index in [2.05, 4.69) is 10.3 Å². The maximum absolute atomic E-state index is 13.5. The van der Waals surface area contributed by atoms with Gasteiger partial charge in [0.05, 0.1) is 6.04 Å². The summed E-state index contributed by atoms with van der Waals surface area (Å²) in [5, 5.41) is 3.19. The summed E-state index contributed by atoms with van der Waals surface area (Å²) < 4.78 is 26.5. The highest BCUT2D eigenvalue weighted by atomic mass is 35.5. The number of halogens is 4. The van der Waals surface area contributed by atoms with Gasteiger partial charge in [0.1, 0.15) is 6.67 Å². The Kier molecular flexibility index (Phi) is 8.35. The Balaban J connectivity index is 0.00000144. The van der Waals surface area contributed by atoms with Crippen LogP contribution < -0.4 is 5.32 Å². The summed E-state index contributed by atoms with van der Waals surface area (Å²) >= 11 is 0. The predicted octanol–water partition coefficient (Wildman–Crippen LogP) is 1.98. The van der Waals surface area contributed by atoms with Crippen LogP contribution in [0.2, 0.25) is 0 Å². The van der Waals surface area contributed by atoms with Gasteiger partial charge in [0.15, 0.2) is 0 Å². The fraction of sp³-hybridized carbons (Fsp3) is 0.545. The van der Waals surface area contributed by atoms with Gasteiger partial charge in [0.25, 0.3) is 0 Å². The van der Waals surface area contributed by atoms with Crippen molar-refractivity contribution in [3.8, 4) is 0 Å². The van der Waals surface area contributed by atoms with Crippen molar-refractivity contribution < 1.29 is 8.78 Å². The number of nitrogens with zero attached hydrogens (tertiary/aromatic N) is 2. The molecule has 1 fully saturated rings. The average molecular weight is 300 g/mol. The molecule has 0 amide bonds. The van der Waals surface area contributed by atoms with Gasteiger partial charge >= 0.3 is 0 Å². The Morgan fingerprint density at radius 3 is 2.56 bits per heavy atom. The van der Waals surface area contributed by atoms with Crippen LogP contribution in [0, 0.1) is 5.95 Å². The van der Waals surface area contributed by atoms with E-state index < -0.39 is 18.7 Å². The van der Waals surface area contributed by atoms with Crippen LogP contribution in [0.1, 0.15) is 11.6 Å². The van der Waals surface area contributed by atoms with Crippen LogP contribution in [0.4, 0.5) is 8.78 Å². The van der Waals surface area contributed by atoms with E-state index in [0.717, 1.165) is 26.2 Å². The Bertz CT molecular complexity index is 349. The third-order valence-corrected chi connectivity index (χ3v) is 2.89. The van der Waals surface area contributed by atoms with E-state index in [4.69, 9.17) is 0 Å². The zero-order chi connectivity index (χ0) is 11.4. The minimum Gasteiger partial charge on any atom is -0.314 e. The summed E-state index contributed by atoms with van der Waals surface area (Å²) in [6.07, 6.45) is 1.38. The van der Waals surface area contributed by atoms with Gasteiger partial charge in [-0.2, -0.15) is 4.39 Å². The molecule has 2 heterocycles. The Morgan fingerprint density at radius 1 is 1.33 bits per heavy atom. The first kappa shape index (κ1) is 17.5. The predicted molar refractivity (Wildman–Crippen MR) is 71.8 cm³/mol. The molecule has 1 aliphatic rings. The number of hydrogen-bond acceptors (Lipinski definition) is 3. The largest absolute Gasteiger partial charge is 0.314 e. The fourth-order valence-electron chi connectivity index (χ4n) is 2.02. The van der Waals surface area contributed by atoms with Crippen LogP contribution in [0.25, 0.3) is 0 Å². The summed E-state index contributed by atoms with van der Waals surface area (Å²) in [6, 6.07) is 2.74. The highest BCUT2D eigenvalue weighted by Crippen LogP contribution is 2.22. The van der Waals surface area contributed by atoms with Crippen molar-refractivity contribution in [3.63, 3.8) is 0 Å². The van der Waals surface area contributed by atoms with Crippen LogP contribution in [-0.2, 0) is 0 Å². The van der Waals surface area contributed by atoms with Gasteiger partial charge < -0.3 is 5.32 Å². The number of rotatable bonds is 3. The summed E-state index contributed by atoms with van der Waals surface area (Å²) in [5.74, 6) is -0.566. The molecular formula is C11H17Cl2F2N3. The quantitative estimate of drug-likeness (QED) is 0.865. The first-order chi connectivity index (χ1) is 7.83. The lowest BCUT2D eigenvalue weighted by molar-refractivity contribution is 0.144. The number of aromatic nitrogens is 1. The zero-order valence-corrected chi connectivity index (χ0v) is 11.4. The van der Waals surface area contributed by atoms with Crippen LogP contribution >= 0.6 is 24.8 Å². The van der Waals surface area contributed by atoms with Crippen molar-refractivity contribution in [2.75, 3.05) is 32.9 Å². The van der Waals surface area contributed by atoms with Crippen LogP contribution in [0.3, 0.4) is 0 Å². The first-order valence-electron chi connectivity index (χ1n) is 5.44. The van der Waals surface area contributed by atoms with Gasteiger partial charge in [0, 0.05) is 37.9 Å². The van der Waals surface area contributed by atoms with Crippen molar-refractivity contribution >= 4 is 24.8 Å². The first-order valence-corrected chi connectivity index (χ1v) is 5.44. The molecule has 1 aromatic rings. The smallest absolute Gasteiger partial charge is 0.217 e. The van der Waals surface area contributed by atoms with Crippen molar-refractivity contribution in [2.24, 2.45) is 0 Å². The lowest BCUT2D eigenvalue weighted by Gasteiger charge is -2.33. The monoisotopic (exact) mass is 299 g/mol. The van der Waals surface area contributed by atoms with Crippen molar-refractivity contribution in [1.29, 1.82) is 0 Å². The molecule has 0 spiro atoms. The SMILES string of the molecule is Cl.Cl.FC[C@@H](c1cccnc1F)N1CCNCC1. The van der Waals surface area contributed by atoms with Gasteiger partial charge in [0.2, 0.25) is 5.95 Å². The molecule has 1 aliphatic heterocycles. The van der Waals surface area contributed by atoms with E-state index in [1.807, 2.05) is 4.90 Å². The molecule has 0 unspecified atom stereocenters. The number of alkyl halides is 1. The molecule has 2 rings (SSSR count). The van der Waals surface area contributed by atoms with Crippen molar-refractivity contribution in [3.05, 3.63) is 29.8 Å². The molecule has 3 nitrogen and oxygen atoms in total. The van der Waals surface area contributed by atoms with E-state index in [0.29, 0.717) is 5.56 Å². The van der Waals surface area contributed by atoms with Crippen molar-refractivity contribution in [1.82, 2.24) is 15.2 Å². The lowest BCUT2D eigenvalue weighted by Crippen LogP contribution is -2.45. The fourth-order valence-corrected chi connectivity index (χ4v) is 2.02. The molecule has 0 radical (unpaired) electrons. The second-order valence-electron chi connectivity index (χ2n) is 3.84. The van der Waals surface area contributed by atoms with Gasteiger partial charge in [-0.15, -0.1) is 24.8 Å². The Labute approximate surface area is 118 Å². The lowest BCUT2D eigenvalue weighted by atomic mass is 10.1. The van der Waals surface area contributed by atoms with E-state index in [1.54, 1.807) is 12.1 Å². The summed E-state index contributed by atoms with van der Waals surface area (Å²) in [4.78, 5) is 5.52. The second-order valence-corrected chi connectivity index (χ2v) is 3.84. The molecule has 18 heavy (non-hydrogen) atoms. The van der Waals surface area contributed by atoms with Gasteiger partial charge in [-0.3, -0.25) is 4.90 Å². The van der Waals surface area contributed by atoms with Crippen LogP contribution in [-0.4, -0.2) is 42.7 Å². The van der Waals surface area contributed by atoms with Crippen LogP contribution in [0.15, 0.2) is 18.3 Å². The van der Waals surface area contributed by atoms with Gasteiger partial charge in [-0.25, -0.2) is 9.37 Å². The van der Waals surface area contributed by atoms with Crippen molar-refractivity contribution in [2.45, 2.75) is 6.04 Å². The number of piperazine rings is 1. The Hall–Kier alpha value is -0.490. The summed E-state index contributed by atoms with van der Waals surface area (Å²) in [5.41, 5.74) is 0.354. The molecule has 1 aromatic heterocycles. The number of nitrogens with one attached hydrogen (secondary N) is 1. The summed E-state index contributed by atoms with van der Waals surface area (Å²) in [6.45, 7) is 2.53. The molecular weight excluding hydrogens is 283 g/mol.